The van der Waals surface area contributed by atoms with E-state index in [4.69, 9.17) is 0 Å². The Bertz CT molecular complexity index is 719. The summed E-state index contributed by atoms with van der Waals surface area (Å²) in [6.07, 6.45) is 2.30. The van der Waals surface area contributed by atoms with Crippen LogP contribution in [0.4, 0.5) is 0 Å². The SMILES string of the molecule is C[C@@H](NCCCc1ccccc1)c1cccc2ccccc12.Cl. The fourth-order valence-corrected chi connectivity index (χ4v) is 2.99. The van der Waals surface area contributed by atoms with Crippen LogP contribution in [0.15, 0.2) is 72.8 Å². The van der Waals surface area contributed by atoms with Crippen LogP contribution in [-0.4, -0.2) is 6.54 Å². The summed E-state index contributed by atoms with van der Waals surface area (Å²) >= 11 is 0. The van der Waals surface area contributed by atoms with Crippen molar-refractivity contribution >= 4 is 23.2 Å². The van der Waals surface area contributed by atoms with Crippen LogP contribution in [0.5, 0.6) is 0 Å². The van der Waals surface area contributed by atoms with Crippen molar-refractivity contribution < 1.29 is 0 Å². The molecule has 0 heterocycles. The Morgan fingerprint density at radius 3 is 2.35 bits per heavy atom. The molecule has 1 N–H and O–H groups in total. The van der Waals surface area contributed by atoms with Gasteiger partial charge in [0, 0.05) is 6.04 Å². The molecule has 3 aromatic rings. The van der Waals surface area contributed by atoms with Crippen LogP contribution in [-0.2, 0) is 6.42 Å². The molecule has 0 fully saturated rings. The Balaban J connectivity index is 0.00000192. The van der Waals surface area contributed by atoms with Crippen molar-refractivity contribution in [3.8, 4) is 0 Å². The van der Waals surface area contributed by atoms with Crippen molar-refractivity contribution in [3.63, 3.8) is 0 Å². The third-order valence-electron chi connectivity index (χ3n) is 4.23. The molecule has 0 saturated heterocycles. The van der Waals surface area contributed by atoms with E-state index >= 15 is 0 Å². The van der Waals surface area contributed by atoms with E-state index in [2.05, 4.69) is 85.0 Å². The molecule has 0 aromatic heterocycles. The number of benzene rings is 3. The molecule has 0 radical (unpaired) electrons. The average Bonchev–Trinajstić information content (AvgIpc) is 2.59. The van der Waals surface area contributed by atoms with Gasteiger partial charge in [-0.3, -0.25) is 0 Å². The number of rotatable bonds is 6. The molecule has 0 spiro atoms. The van der Waals surface area contributed by atoms with Gasteiger partial charge in [0.1, 0.15) is 0 Å². The molecule has 3 rings (SSSR count). The maximum Gasteiger partial charge on any atom is 0.0297 e. The molecule has 0 aliphatic heterocycles. The van der Waals surface area contributed by atoms with Gasteiger partial charge in [-0.15, -0.1) is 12.4 Å². The summed E-state index contributed by atoms with van der Waals surface area (Å²) in [5.74, 6) is 0. The summed E-state index contributed by atoms with van der Waals surface area (Å²) < 4.78 is 0. The second-order valence-corrected chi connectivity index (χ2v) is 5.83. The second kappa shape index (κ2) is 8.71. The first kappa shape index (κ1) is 17.5. The molecule has 0 amide bonds. The molecule has 0 aliphatic rings. The minimum absolute atomic E-state index is 0. The highest BCUT2D eigenvalue weighted by atomic mass is 35.5. The van der Waals surface area contributed by atoms with Crippen LogP contribution >= 0.6 is 12.4 Å². The lowest BCUT2D eigenvalue weighted by atomic mass is 9.99. The molecule has 0 saturated carbocycles. The van der Waals surface area contributed by atoms with E-state index in [-0.39, 0.29) is 12.4 Å². The zero-order valence-electron chi connectivity index (χ0n) is 13.5. The highest BCUT2D eigenvalue weighted by molar-refractivity contribution is 5.86. The van der Waals surface area contributed by atoms with E-state index in [0.717, 1.165) is 13.0 Å². The van der Waals surface area contributed by atoms with Crippen LogP contribution in [0.1, 0.15) is 30.5 Å². The largest absolute Gasteiger partial charge is 0.310 e. The molecule has 1 atom stereocenters. The van der Waals surface area contributed by atoms with Gasteiger partial charge in [-0.1, -0.05) is 72.8 Å². The van der Waals surface area contributed by atoms with Crippen molar-refractivity contribution in [1.29, 1.82) is 0 Å². The third-order valence-corrected chi connectivity index (χ3v) is 4.23. The molecule has 1 nitrogen and oxygen atoms in total. The molecule has 2 heteroatoms. The summed E-state index contributed by atoms with van der Waals surface area (Å²) in [5, 5.41) is 6.33. The Labute approximate surface area is 145 Å². The molecule has 0 unspecified atom stereocenters. The van der Waals surface area contributed by atoms with Gasteiger partial charge in [-0.25, -0.2) is 0 Å². The molecule has 120 valence electrons. The maximum absolute atomic E-state index is 3.66. The van der Waals surface area contributed by atoms with E-state index < -0.39 is 0 Å². The fourth-order valence-electron chi connectivity index (χ4n) is 2.99. The zero-order valence-corrected chi connectivity index (χ0v) is 14.4. The topological polar surface area (TPSA) is 12.0 Å². The van der Waals surface area contributed by atoms with Crippen molar-refractivity contribution in [1.82, 2.24) is 5.32 Å². The van der Waals surface area contributed by atoms with E-state index in [0.29, 0.717) is 6.04 Å². The minimum Gasteiger partial charge on any atom is -0.310 e. The van der Waals surface area contributed by atoms with Crippen molar-refractivity contribution in [2.24, 2.45) is 0 Å². The molecular weight excluding hydrogens is 302 g/mol. The highest BCUT2D eigenvalue weighted by Gasteiger charge is 2.08. The third kappa shape index (κ3) is 4.57. The summed E-state index contributed by atoms with van der Waals surface area (Å²) in [4.78, 5) is 0. The number of hydrogen-bond donors (Lipinski definition) is 1. The Kier molecular flexibility index (Phi) is 6.64. The van der Waals surface area contributed by atoms with Gasteiger partial charge < -0.3 is 5.32 Å². The number of halogens is 1. The summed E-state index contributed by atoms with van der Waals surface area (Å²) in [5.41, 5.74) is 2.81. The molecular formula is C21H24ClN. The first-order valence-corrected chi connectivity index (χ1v) is 8.09. The lowest BCUT2D eigenvalue weighted by Crippen LogP contribution is -2.20. The van der Waals surface area contributed by atoms with Crippen molar-refractivity contribution in [2.75, 3.05) is 6.54 Å². The van der Waals surface area contributed by atoms with Crippen LogP contribution in [0.3, 0.4) is 0 Å². The van der Waals surface area contributed by atoms with Crippen LogP contribution in [0.25, 0.3) is 10.8 Å². The lowest BCUT2D eigenvalue weighted by molar-refractivity contribution is 0.561. The lowest BCUT2D eigenvalue weighted by Gasteiger charge is -2.16. The monoisotopic (exact) mass is 325 g/mol. The van der Waals surface area contributed by atoms with E-state index in [1.807, 2.05) is 0 Å². The minimum atomic E-state index is 0. The standard InChI is InChI=1S/C21H23N.ClH/c1-17(22-16-8-11-18-9-3-2-4-10-18)20-15-7-13-19-12-5-6-14-21(19)20;/h2-7,9-10,12-15,17,22H,8,11,16H2,1H3;1H/t17-;/m1./s1. The van der Waals surface area contributed by atoms with Gasteiger partial charge in [-0.2, -0.15) is 0 Å². The normalized spacial score (nSPS) is 11.9. The predicted molar refractivity (Wildman–Crippen MR) is 102 cm³/mol. The molecule has 0 bridgehead atoms. The number of hydrogen-bond acceptors (Lipinski definition) is 1. The summed E-state index contributed by atoms with van der Waals surface area (Å²) in [6.45, 7) is 3.30. The summed E-state index contributed by atoms with van der Waals surface area (Å²) in [6, 6.07) is 26.3. The van der Waals surface area contributed by atoms with Crippen molar-refractivity contribution in [2.45, 2.75) is 25.8 Å². The van der Waals surface area contributed by atoms with Crippen LogP contribution in [0.2, 0.25) is 0 Å². The van der Waals surface area contributed by atoms with E-state index in [1.54, 1.807) is 0 Å². The van der Waals surface area contributed by atoms with E-state index in [9.17, 15) is 0 Å². The van der Waals surface area contributed by atoms with Gasteiger partial charge >= 0.3 is 0 Å². The van der Waals surface area contributed by atoms with Gasteiger partial charge in [0.2, 0.25) is 0 Å². The highest BCUT2D eigenvalue weighted by Crippen LogP contribution is 2.23. The van der Waals surface area contributed by atoms with Gasteiger partial charge in [0.05, 0.1) is 0 Å². The van der Waals surface area contributed by atoms with E-state index in [1.165, 1.54) is 28.3 Å². The summed E-state index contributed by atoms with van der Waals surface area (Å²) in [7, 11) is 0. The van der Waals surface area contributed by atoms with Gasteiger partial charge in [-0.05, 0) is 48.2 Å². The second-order valence-electron chi connectivity index (χ2n) is 5.83. The first-order chi connectivity index (χ1) is 10.8. The Hall–Kier alpha value is -1.83. The molecule has 23 heavy (non-hydrogen) atoms. The van der Waals surface area contributed by atoms with Crippen LogP contribution < -0.4 is 5.32 Å². The zero-order chi connectivity index (χ0) is 15.2. The number of aryl methyl sites for hydroxylation is 1. The quantitative estimate of drug-likeness (QED) is 0.586. The molecule has 0 aliphatic carbocycles. The van der Waals surface area contributed by atoms with Crippen molar-refractivity contribution in [3.05, 3.63) is 83.9 Å². The number of fused-ring (bicyclic) bond motifs is 1. The smallest absolute Gasteiger partial charge is 0.0297 e. The average molecular weight is 326 g/mol. The number of nitrogens with one attached hydrogen (secondary N) is 1. The Morgan fingerprint density at radius 1 is 0.826 bits per heavy atom. The van der Waals surface area contributed by atoms with Gasteiger partial charge in [0.25, 0.3) is 0 Å². The van der Waals surface area contributed by atoms with Crippen LogP contribution in [0, 0.1) is 0 Å². The first-order valence-electron chi connectivity index (χ1n) is 8.09. The Morgan fingerprint density at radius 2 is 1.52 bits per heavy atom. The molecule has 3 aromatic carbocycles. The van der Waals surface area contributed by atoms with Gasteiger partial charge in [0.15, 0.2) is 0 Å². The maximum atomic E-state index is 3.66. The fraction of sp³-hybridized carbons (Fsp3) is 0.238. The predicted octanol–water partition coefficient (Wildman–Crippen LogP) is 5.55.